The smallest absolute Gasteiger partial charge is 0.0705 e. The Hall–Kier alpha value is -1.97. The molecule has 0 bridgehead atoms. The van der Waals surface area contributed by atoms with Gasteiger partial charge >= 0.3 is 0 Å². The van der Waals surface area contributed by atoms with Crippen LogP contribution in [0.4, 0.5) is 0 Å². The number of rotatable bonds is 4. The number of pyridine rings is 2. The summed E-state index contributed by atoms with van der Waals surface area (Å²) in [4.78, 5) is 8.49. The number of nitrogens with zero attached hydrogens (tertiary/aromatic N) is 2. The summed E-state index contributed by atoms with van der Waals surface area (Å²) in [7, 11) is 0. The molecule has 1 atom stereocenters. The van der Waals surface area contributed by atoms with Crippen molar-refractivity contribution in [3.8, 4) is 0 Å². The first-order chi connectivity index (χ1) is 10.3. The number of hydrogen-bond acceptors (Lipinski definition) is 3. The first-order valence-electron chi connectivity index (χ1n) is 6.97. The van der Waals surface area contributed by atoms with Crippen molar-refractivity contribution < 1.29 is 0 Å². The van der Waals surface area contributed by atoms with Crippen molar-refractivity contribution >= 4 is 22.5 Å². The molecule has 2 heterocycles. The van der Waals surface area contributed by atoms with Crippen molar-refractivity contribution in [3.05, 3.63) is 71.1 Å². The zero-order valence-electron chi connectivity index (χ0n) is 11.8. The normalized spacial score (nSPS) is 12.5. The highest BCUT2D eigenvalue weighted by Gasteiger charge is 2.16. The zero-order valence-corrected chi connectivity index (χ0v) is 12.5. The predicted octanol–water partition coefficient (Wildman–Crippen LogP) is 3.98. The Labute approximate surface area is 129 Å². The largest absolute Gasteiger partial charge is 0.306 e. The predicted molar refractivity (Wildman–Crippen MR) is 86.5 cm³/mol. The van der Waals surface area contributed by atoms with Crippen LogP contribution in [0.2, 0.25) is 5.02 Å². The Balaban J connectivity index is 2.09. The van der Waals surface area contributed by atoms with E-state index < -0.39 is 0 Å². The molecule has 3 aromatic rings. The lowest BCUT2D eigenvalue weighted by atomic mass is 9.98. The van der Waals surface area contributed by atoms with Crippen LogP contribution in [-0.2, 0) is 0 Å². The molecular weight excluding hydrogens is 282 g/mol. The molecule has 1 aromatic carbocycles. The average Bonchev–Trinajstić information content (AvgIpc) is 2.53. The molecule has 0 fully saturated rings. The Kier molecular flexibility index (Phi) is 4.13. The van der Waals surface area contributed by atoms with Gasteiger partial charge in [0.2, 0.25) is 0 Å². The number of halogens is 1. The van der Waals surface area contributed by atoms with E-state index in [1.807, 2.05) is 18.3 Å². The van der Waals surface area contributed by atoms with Crippen LogP contribution in [0.15, 0.2) is 55.0 Å². The summed E-state index contributed by atoms with van der Waals surface area (Å²) < 4.78 is 0. The van der Waals surface area contributed by atoms with Gasteiger partial charge in [-0.1, -0.05) is 36.7 Å². The van der Waals surface area contributed by atoms with E-state index in [0.717, 1.165) is 28.6 Å². The van der Waals surface area contributed by atoms with Crippen LogP contribution in [0.1, 0.15) is 24.1 Å². The molecule has 3 rings (SSSR count). The fourth-order valence-corrected chi connectivity index (χ4v) is 2.72. The van der Waals surface area contributed by atoms with Crippen LogP contribution in [0.5, 0.6) is 0 Å². The van der Waals surface area contributed by atoms with Gasteiger partial charge < -0.3 is 5.32 Å². The molecule has 0 saturated carbocycles. The van der Waals surface area contributed by atoms with Gasteiger partial charge in [-0.05, 0) is 35.9 Å². The topological polar surface area (TPSA) is 37.8 Å². The van der Waals surface area contributed by atoms with E-state index in [1.165, 1.54) is 0 Å². The highest BCUT2D eigenvalue weighted by molar-refractivity contribution is 6.31. The maximum Gasteiger partial charge on any atom is 0.0705 e. The van der Waals surface area contributed by atoms with E-state index in [1.54, 1.807) is 12.4 Å². The van der Waals surface area contributed by atoms with Crippen LogP contribution in [-0.4, -0.2) is 16.5 Å². The highest BCUT2D eigenvalue weighted by Crippen LogP contribution is 2.29. The third kappa shape index (κ3) is 2.89. The lowest BCUT2D eigenvalue weighted by Crippen LogP contribution is -2.22. The van der Waals surface area contributed by atoms with E-state index in [-0.39, 0.29) is 6.04 Å². The first-order valence-corrected chi connectivity index (χ1v) is 7.35. The lowest BCUT2D eigenvalue weighted by Gasteiger charge is -2.20. The average molecular weight is 298 g/mol. The second-order valence-electron chi connectivity index (χ2n) is 4.84. The van der Waals surface area contributed by atoms with Crippen LogP contribution in [0.3, 0.4) is 0 Å². The highest BCUT2D eigenvalue weighted by atomic mass is 35.5. The number of fused-ring (bicyclic) bond motifs is 1. The summed E-state index contributed by atoms with van der Waals surface area (Å²) in [6.07, 6.45) is 5.26. The van der Waals surface area contributed by atoms with Gasteiger partial charge in [0.05, 0.1) is 16.6 Å². The molecule has 0 saturated heterocycles. The molecular formula is C17H16ClN3. The van der Waals surface area contributed by atoms with E-state index in [9.17, 15) is 0 Å². The van der Waals surface area contributed by atoms with Gasteiger partial charge in [-0.25, -0.2) is 0 Å². The van der Waals surface area contributed by atoms with Crippen molar-refractivity contribution in [2.24, 2.45) is 0 Å². The van der Waals surface area contributed by atoms with Gasteiger partial charge in [-0.15, -0.1) is 0 Å². The van der Waals surface area contributed by atoms with Crippen LogP contribution in [0.25, 0.3) is 10.9 Å². The Morgan fingerprint density at radius 2 is 2.10 bits per heavy atom. The fraction of sp³-hybridized carbons (Fsp3) is 0.176. The summed E-state index contributed by atoms with van der Waals surface area (Å²) >= 11 is 6.30. The first kappa shape index (κ1) is 14.0. The molecule has 0 spiro atoms. The molecule has 0 aliphatic heterocycles. The Bertz CT molecular complexity index is 758. The molecule has 1 unspecified atom stereocenters. The summed E-state index contributed by atoms with van der Waals surface area (Å²) in [5.74, 6) is 0. The Morgan fingerprint density at radius 3 is 2.90 bits per heavy atom. The van der Waals surface area contributed by atoms with Gasteiger partial charge in [-0.2, -0.15) is 0 Å². The van der Waals surface area contributed by atoms with Crippen molar-refractivity contribution in [2.45, 2.75) is 13.0 Å². The fourth-order valence-electron chi connectivity index (χ4n) is 2.49. The molecule has 3 nitrogen and oxygen atoms in total. The number of nitrogens with one attached hydrogen (secondary N) is 1. The minimum Gasteiger partial charge on any atom is -0.306 e. The minimum atomic E-state index is 0.0388. The van der Waals surface area contributed by atoms with E-state index in [4.69, 9.17) is 11.6 Å². The summed E-state index contributed by atoms with van der Waals surface area (Å²) in [5.41, 5.74) is 3.17. The molecule has 4 heteroatoms. The molecule has 0 radical (unpaired) electrons. The summed E-state index contributed by atoms with van der Waals surface area (Å²) in [6, 6.07) is 12.3. The molecule has 106 valence electrons. The van der Waals surface area contributed by atoms with Crippen LogP contribution >= 0.6 is 11.6 Å². The van der Waals surface area contributed by atoms with Gasteiger partial charge in [0.25, 0.3) is 0 Å². The van der Waals surface area contributed by atoms with Crippen molar-refractivity contribution in [3.63, 3.8) is 0 Å². The number of hydrogen-bond donors (Lipinski definition) is 1. The standard InChI is InChI=1S/C17H16ClN3/c1-2-20-17(14-7-9-19-11-15(14)18)13-6-5-12-4-3-8-21-16(12)10-13/h3-11,17,20H,2H2,1H3. The number of benzene rings is 1. The van der Waals surface area contributed by atoms with Crippen molar-refractivity contribution in [1.82, 2.24) is 15.3 Å². The summed E-state index contributed by atoms with van der Waals surface area (Å²) in [6.45, 7) is 2.94. The Morgan fingerprint density at radius 1 is 1.19 bits per heavy atom. The van der Waals surface area contributed by atoms with Gasteiger partial charge in [0, 0.05) is 24.0 Å². The summed E-state index contributed by atoms with van der Waals surface area (Å²) in [5, 5.41) is 5.29. The molecule has 0 aliphatic carbocycles. The third-order valence-electron chi connectivity index (χ3n) is 3.49. The van der Waals surface area contributed by atoms with E-state index >= 15 is 0 Å². The minimum absolute atomic E-state index is 0.0388. The van der Waals surface area contributed by atoms with Crippen LogP contribution < -0.4 is 5.32 Å². The van der Waals surface area contributed by atoms with Crippen molar-refractivity contribution in [2.75, 3.05) is 6.54 Å². The third-order valence-corrected chi connectivity index (χ3v) is 3.80. The van der Waals surface area contributed by atoms with Gasteiger partial charge in [0.1, 0.15) is 0 Å². The van der Waals surface area contributed by atoms with E-state index in [0.29, 0.717) is 5.02 Å². The molecule has 0 aliphatic rings. The SMILES string of the molecule is CCNC(c1ccc2cccnc2c1)c1ccncc1Cl. The second kappa shape index (κ2) is 6.20. The van der Waals surface area contributed by atoms with Crippen molar-refractivity contribution in [1.29, 1.82) is 0 Å². The van der Waals surface area contributed by atoms with Gasteiger partial charge in [0.15, 0.2) is 0 Å². The molecule has 21 heavy (non-hydrogen) atoms. The maximum absolute atomic E-state index is 6.30. The van der Waals surface area contributed by atoms with Gasteiger partial charge in [-0.3, -0.25) is 9.97 Å². The quantitative estimate of drug-likeness (QED) is 0.791. The number of aromatic nitrogens is 2. The second-order valence-corrected chi connectivity index (χ2v) is 5.25. The maximum atomic E-state index is 6.30. The monoisotopic (exact) mass is 297 g/mol. The molecule has 2 aromatic heterocycles. The lowest BCUT2D eigenvalue weighted by molar-refractivity contribution is 0.630. The zero-order chi connectivity index (χ0) is 14.7. The van der Waals surface area contributed by atoms with E-state index in [2.05, 4.69) is 46.5 Å². The van der Waals surface area contributed by atoms with Crippen LogP contribution in [0, 0.1) is 0 Å². The molecule has 1 N–H and O–H groups in total. The molecule has 0 amide bonds.